The molecule has 0 amide bonds. The maximum absolute atomic E-state index is 12.3. The van der Waals surface area contributed by atoms with Gasteiger partial charge in [0, 0.05) is 5.54 Å². The highest BCUT2D eigenvalue weighted by molar-refractivity contribution is 7.89. The fraction of sp³-hybridized carbons (Fsp3) is 0.667. The van der Waals surface area contributed by atoms with E-state index in [9.17, 15) is 8.42 Å². The molecule has 22 heavy (non-hydrogen) atoms. The van der Waals surface area contributed by atoms with Crippen molar-refractivity contribution in [1.82, 2.24) is 4.72 Å². The van der Waals surface area contributed by atoms with Crippen molar-refractivity contribution in [2.75, 3.05) is 0 Å². The molecule has 0 saturated heterocycles. The lowest BCUT2D eigenvalue weighted by Gasteiger charge is -2.26. The molecular formula is C18H31NO2S. The largest absolute Gasteiger partial charge is 0.241 e. The highest BCUT2D eigenvalue weighted by atomic mass is 32.2. The Morgan fingerprint density at radius 1 is 0.909 bits per heavy atom. The van der Waals surface area contributed by atoms with Gasteiger partial charge in [-0.2, -0.15) is 0 Å². The summed E-state index contributed by atoms with van der Waals surface area (Å²) in [5.74, 6) is 0. The summed E-state index contributed by atoms with van der Waals surface area (Å²) in [6, 6.07) is 8.58. The molecule has 0 aliphatic rings. The molecule has 0 spiro atoms. The van der Waals surface area contributed by atoms with Gasteiger partial charge in [-0.15, -0.1) is 0 Å². The summed E-state index contributed by atoms with van der Waals surface area (Å²) in [6.45, 7) is 6.15. The van der Waals surface area contributed by atoms with Gasteiger partial charge in [0.25, 0.3) is 0 Å². The predicted molar refractivity (Wildman–Crippen MR) is 93.5 cm³/mol. The Labute approximate surface area is 136 Å². The lowest BCUT2D eigenvalue weighted by molar-refractivity contribution is 0.399. The minimum Gasteiger partial charge on any atom is -0.207 e. The van der Waals surface area contributed by atoms with Crippen LogP contribution in [0.15, 0.2) is 35.2 Å². The van der Waals surface area contributed by atoms with Gasteiger partial charge >= 0.3 is 0 Å². The lowest BCUT2D eigenvalue weighted by atomic mass is 9.97. The van der Waals surface area contributed by atoms with E-state index in [2.05, 4.69) is 11.6 Å². The summed E-state index contributed by atoms with van der Waals surface area (Å²) < 4.78 is 27.5. The summed E-state index contributed by atoms with van der Waals surface area (Å²) in [5.41, 5.74) is -0.405. The molecule has 1 rings (SSSR count). The fourth-order valence-electron chi connectivity index (χ4n) is 2.60. The van der Waals surface area contributed by atoms with Crippen molar-refractivity contribution < 1.29 is 8.42 Å². The van der Waals surface area contributed by atoms with Crippen LogP contribution in [0.1, 0.15) is 72.1 Å². The molecule has 0 unspecified atom stereocenters. The van der Waals surface area contributed by atoms with E-state index >= 15 is 0 Å². The Morgan fingerprint density at radius 2 is 1.45 bits per heavy atom. The molecule has 1 aromatic rings. The van der Waals surface area contributed by atoms with E-state index in [1.807, 2.05) is 19.9 Å². The number of rotatable bonds is 11. The maximum atomic E-state index is 12.3. The van der Waals surface area contributed by atoms with E-state index < -0.39 is 15.6 Å². The third kappa shape index (κ3) is 7.41. The molecule has 1 N–H and O–H groups in total. The van der Waals surface area contributed by atoms with Crippen LogP contribution < -0.4 is 4.72 Å². The molecule has 0 heterocycles. The highest BCUT2D eigenvalue weighted by Gasteiger charge is 2.25. The van der Waals surface area contributed by atoms with Gasteiger partial charge in [0.2, 0.25) is 10.0 Å². The van der Waals surface area contributed by atoms with Crippen molar-refractivity contribution in [1.29, 1.82) is 0 Å². The van der Waals surface area contributed by atoms with E-state index in [4.69, 9.17) is 0 Å². The molecule has 0 saturated carbocycles. The van der Waals surface area contributed by atoms with Crippen LogP contribution in [0.2, 0.25) is 0 Å². The van der Waals surface area contributed by atoms with Crippen LogP contribution in [-0.2, 0) is 10.0 Å². The number of benzene rings is 1. The minimum absolute atomic E-state index is 0.336. The number of sulfonamides is 1. The van der Waals surface area contributed by atoms with Crippen molar-refractivity contribution in [3.63, 3.8) is 0 Å². The maximum Gasteiger partial charge on any atom is 0.241 e. The molecule has 0 aliphatic heterocycles. The van der Waals surface area contributed by atoms with Gasteiger partial charge in [0.1, 0.15) is 0 Å². The van der Waals surface area contributed by atoms with Crippen LogP contribution in [0.4, 0.5) is 0 Å². The zero-order valence-corrected chi connectivity index (χ0v) is 15.1. The molecular weight excluding hydrogens is 294 g/mol. The summed E-state index contributed by atoms with van der Waals surface area (Å²) in [4.78, 5) is 0.336. The van der Waals surface area contributed by atoms with Crippen molar-refractivity contribution in [3.8, 4) is 0 Å². The van der Waals surface area contributed by atoms with Crippen molar-refractivity contribution >= 4 is 10.0 Å². The number of nitrogens with one attached hydrogen (secondary N) is 1. The van der Waals surface area contributed by atoms with Gasteiger partial charge in [-0.05, 0) is 32.4 Å². The lowest BCUT2D eigenvalue weighted by Crippen LogP contribution is -2.43. The second kappa shape index (κ2) is 9.31. The molecule has 0 aliphatic carbocycles. The van der Waals surface area contributed by atoms with Crippen LogP contribution in [-0.4, -0.2) is 14.0 Å². The Hall–Kier alpha value is -0.870. The predicted octanol–water partition coefficient (Wildman–Crippen LogP) is 4.88. The van der Waals surface area contributed by atoms with Gasteiger partial charge in [-0.3, -0.25) is 0 Å². The van der Waals surface area contributed by atoms with E-state index in [0.29, 0.717) is 4.90 Å². The molecule has 1 aromatic carbocycles. The SMILES string of the molecule is CCCCCCCCCC(C)(C)NS(=O)(=O)c1ccccc1. The molecule has 3 nitrogen and oxygen atoms in total. The van der Waals surface area contributed by atoms with Crippen molar-refractivity contribution in [2.24, 2.45) is 0 Å². The first kappa shape index (κ1) is 19.2. The molecule has 4 heteroatoms. The number of unbranched alkanes of at least 4 members (excludes halogenated alkanes) is 6. The van der Waals surface area contributed by atoms with E-state index in [1.165, 1.54) is 38.5 Å². The second-order valence-corrected chi connectivity index (χ2v) is 8.36. The summed E-state index contributed by atoms with van der Waals surface area (Å²) >= 11 is 0. The number of hydrogen-bond donors (Lipinski definition) is 1. The van der Waals surface area contributed by atoms with Gasteiger partial charge in [0.15, 0.2) is 0 Å². The Bertz CT molecular complexity index is 509. The van der Waals surface area contributed by atoms with Crippen LogP contribution in [0, 0.1) is 0 Å². The monoisotopic (exact) mass is 325 g/mol. The second-order valence-electron chi connectivity index (χ2n) is 6.67. The van der Waals surface area contributed by atoms with E-state index in [-0.39, 0.29) is 0 Å². The molecule has 0 aromatic heterocycles. The zero-order chi connectivity index (χ0) is 16.5. The molecule has 0 atom stereocenters. The first-order chi connectivity index (χ1) is 10.4. The molecule has 0 fully saturated rings. The van der Waals surface area contributed by atoms with Gasteiger partial charge in [-0.25, -0.2) is 13.1 Å². The van der Waals surface area contributed by atoms with Crippen LogP contribution in [0.3, 0.4) is 0 Å². The third-order valence-electron chi connectivity index (χ3n) is 3.87. The standard InChI is InChI=1S/C18H31NO2S/c1-4-5-6-7-8-9-13-16-18(2,3)19-22(20,21)17-14-11-10-12-15-17/h10-12,14-15,19H,4-9,13,16H2,1-3H3. The normalized spacial score (nSPS) is 12.5. The van der Waals surface area contributed by atoms with Crippen molar-refractivity contribution in [3.05, 3.63) is 30.3 Å². The zero-order valence-electron chi connectivity index (χ0n) is 14.3. The Kier molecular flexibility index (Phi) is 8.12. The first-order valence-electron chi connectivity index (χ1n) is 8.46. The summed E-state index contributed by atoms with van der Waals surface area (Å²) in [7, 11) is -3.42. The molecule has 0 radical (unpaired) electrons. The molecule has 0 bridgehead atoms. The van der Waals surface area contributed by atoms with E-state index in [0.717, 1.165) is 12.8 Å². The average molecular weight is 326 g/mol. The number of hydrogen-bond acceptors (Lipinski definition) is 2. The van der Waals surface area contributed by atoms with Crippen LogP contribution in [0.5, 0.6) is 0 Å². The third-order valence-corrected chi connectivity index (χ3v) is 5.58. The first-order valence-corrected chi connectivity index (χ1v) is 9.95. The summed E-state index contributed by atoms with van der Waals surface area (Å²) in [6.07, 6.45) is 9.58. The van der Waals surface area contributed by atoms with Gasteiger partial charge in [-0.1, -0.05) is 70.1 Å². The Morgan fingerprint density at radius 3 is 2.05 bits per heavy atom. The van der Waals surface area contributed by atoms with Crippen molar-refractivity contribution in [2.45, 2.75) is 82.6 Å². The average Bonchev–Trinajstić information content (AvgIpc) is 2.46. The summed E-state index contributed by atoms with van der Waals surface area (Å²) in [5, 5.41) is 0. The smallest absolute Gasteiger partial charge is 0.207 e. The Balaban J connectivity index is 2.37. The van der Waals surface area contributed by atoms with Gasteiger partial charge in [0.05, 0.1) is 4.90 Å². The topological polar surface area (TPSA) is 46.2 Å². The quantitative estimate of drug-likeness (QED) is 0.589. The minimum atomic E-state index is -3.42. The van der Waals surface area contributed by atoms with E-state index in [1.54, 1.807) is 24.3 Å². The fourth-order valence-corrected chi connectivity index (χ4v) is 4.06. The van der Waals surface area contributed by atoms with Crippen LogP contribution >= 0.6 is 0 Å². The van der Waals surface area contributed by atoms with Crippen LogP contribution in [0.25, 0.3) is 0 Å². The van der Waals surface area contributed by atoms with Gasteiger partial charge < -0.3 is 0 Å². The molecule has 126 valence electrons. The highest BCUT2D eigenvalue weighted by Crippen LogP contribution is 2.19.